The topological polar surface area (TPSA) is 40.1 Å². The molecule has 2 nitrogen and oxygen atoms in total. The van der Waals surface area contributed by atoms with E-state index in [0.717, 1.165) is 0 Å². The number of carboxylic acids is 1. The van der Waals surface area contributed by atoms with Crippen molar-refractivity contribution in [2.24, 2.45) is 17.8 Å². The molecule has 0 radical (unpaired) electrons. The summed E-state index contributed by atoms with van der Waals surface area (Å²) < 4.78 is 25.4. The summed E-state index contributed by atoms with van der Waals surface area (Å²) in [5, 5.41) is 10.4. The second-order valence-corrected chi connectivity index (χ2v) is 3.72. The van der Waals surface area contributed by atoms with E-state index in [9.17, 15) is 18.7 Å². The first-order valence-electron chi connectivity index (χ1n) is 4.12. The Balaban J connectivity index is 2.01. The zero-order valence-electron chi connectivity index (χ0n) is 6.43. The van der Waals surface area contributed by atoms with Crippen molar-refractivity contribution < 1.29 is 18.7 Å². The van der Waals surface area contributed by atoms with Crippen LogP contribution >= 0.6 is 0 Å². The lowest BCUT2D eigenvalue weighted by Gasteiger charge is -2.20. The van der Waals surface area contributed by atoms with Gasteiger partial charge in [0, 0.05) is 17.8 Å². The van der Waals surface area contributed by atoms with Crippen LogP contribution in [-0.4, -0.2) is 11.9 Å². The Morgan fingerprint density at radius 2 is 2.00 bits per heavy atom. The molecule has 4 heteroatoms. The van der Waals surface area contributed by atoms with Crippen LogP contribution < -0.4 is 5.11 Å². The van der Waals surface area contributed by atoms with E-state index in [1.807, 2.05) is 0 Å². The van der Waals surface area contributed by atoms with Gasteiger partial charge < -0.3 is 9.90 Å². The number of carboxylic acid groups (broad SMARTS) is 1. The summed E-state index contributed by atoms with van der Waals surface area (Å²) in [5.74, 6) is -5.59. The van der Waals surface area contributed by atoms with E-state index in [0.29, 0.717) is 12.8 Å². The molecule has 0 heterocycles. The van der Waals surface area contributed by atoms with Gasteiger partial charge in [-0.15, -0.1) is 0 Å². The Hall–Kier alpha value is -0.670. The van der Waals surface area contributed by atoms with E-state index in [4.69, 9.17) is 0 Å². The van der Waals surface area contributed by atoms with Gasteiger partial charge in [-0.25, -0.2) is 8.78 Å². The van der Waals surface area contributed by atoms with Crippen molar-refractivity contribution in [3.8, 4) is 0 Å². The first-order chi connectivity index (χ1) is 5.53. The summed E-state index contributed by atoms with van der Waals surface area (Å²) in [5.41, 5.74) is 0. The Kier molecular flexibility index (Phi) is 1.44. The van der Waals surface area contributed by atoms with Gasteiger partial charge in [0.1, 0.15) is 0 Å². The van der Waals surface area contributed by atoms with E-state index in [2.05, 4.69) is 0 Å². The predicted octanol–water partition coefficient (Wildman–Crippen LogP) is 0.418. The van der Waals surface area contributed by atoms with Gasteiger partial charge in [0.15, 0.2) is 0 Å². The van der Waals surface area contributed by atoms with Crippen molar-refractivity contribution in [3.63, 3.8) is 0 Å². The molecule has 0 aromatic carbocycles. The van der Waals surface area contributed by atoms with Crippen LogP contribution in [0.25, 0.3) is 0 Å². The highest BCUT2D eigenvalue weighted by molar-refractivity contribution is 5.68. The minimum Gasteiger partial charge on any atom is -0.550 e. The predicted molar refractivity (Wildman–Crippen MR) is 34.3 cm³/mol. The van der Waals surface area contributed by atoms with Crippen LogP contribution in [-0.2, 0) is 4.79 Å². The first-order valence-corrected chi connectivity index (χ1v) is 4.12. The van der Waals surface area contributed by atoms with Gasteiger partial charge in [-0.2, -0.15) is 0 Å². The second kappa shape index (κ2) is 2.18. The molecule has 68 valence electrons. The number of hydrogen-bond acceptors (Lipinski definition) is 2. The van der Waals surface area contributed by atoms with Crippen molar-refractivity contribution in [2.75, 3.05) is 0 Å². The number of hydrogen-bond donors (Lipinski definition) is 0. The largest absolute Gasteiger partial charge is 0.550 e. The summed E-state index contributed by atoms with van der Waals surface area (Å²) in [6.07, 6.45) is 0.815. The second-order valence-electron chi connectivity index (χ2n) is 3.72. The Morgan fingerprint density at radius 3 is 2.50 bits per heavy atom. The highest BCUT2D eigenvalue weighted by Gasteiger charge is 2.68. The first kappa shape index (κ1) is 7.95. The molecule has 0 spiro atoms. The molecule has 0 aromatic heterocycles. The molecular weight excluding hydrogens is 166 g/mol. The minimum atomic E-state index is -2.58. The maximum atomic E-state index is 12.7. The molecule has 2 aliphatic rings. The third kappa shape index (κ3) is 0.934. The lowest BCUT2D eigenvalue weighted by molar-refractivity contribution is -0.312. The number of halogens is 2. The number of rotatable bonds is 1. The minimum absolute atomic E-state index is 0.111. The Morgan fingerprint density at radius 1 is 1.33 bits per heavy atom. The van der Waals surface area contributed by atoms with Crippen LogP contribution in [0.3, 0.4) is 0 Å². The lowest BCUT2D eigenvalue weighted by atomic mass is 9.89. The maximum absolute atomic E-state index is 12.7. The summed E-state index contributed by atoms with van der Waals surface area (Å²) in [6.45, 7) is 0. The standard InChI is InChI=1S/C8H10F2O2/c9-8(10)5-2-1-4(7(11)12)3-6(5)8/h4-6H,1-3H2,(H,11,12)/p-1. The molecule has 0 aliphatic heterocycles. The highest BCUT2D eigenvalue weighted by atomic mass is 19.3. The molecule has 2 saturated carbocycles. The molecule has 0 aromatic rings. The molecular formula is C8H9F2O2-. The zero-order chi connectivity index (χ0) is 8.93. The number of carbonyl (C=O) groups excluding carboxylic acids is 1. The quantitative estimate of drug-likeness (QED) is 0.579. The molecule has 3 atom stereocenters. The SMILES string of the molecule is O=C([O-])C1CCC2C(C1)C2(F)F. The molecule has 3 unspecified atom stereocenters. The third-order valence-electron chi connectivity index (χ3n) is 3.06. The molecule has 12 heavy (non-hydrogen) atoms. The summed E-state index contributed by atoms with van der Waals surface area (Å²) in [6, 6.07) is 0. The van der Waals surface area contributed by atoms with Gasteiger partial charge in [0.2, 0.25) is 0 Å². The average molecular weight is 175 g/mol. The smallest absolute Gasteiger partial charge is 0.254 e. The van der Waals surface area contributed by atoms with E-state index >= 15 is 0 Å². The van der Waals surface area contributed by atoms with Gasteiger partial charge in [0.25, 0.3) is 5.92 Å². The molecule has 2 aliphatic carbocycles. The number of alkyl halides is 2. The number of carbonyl (C=O) groups is 1. The van der Waals surface area contributed by atoms with Gasteiger partial charge in [-0.3, -0.25) is 0 Å². The molecule has 0 bridgehead atoms. The summed E-state index contributed by atoms with van der Waals surface area (Å²) in [4.78, 5) is 10.4. The van der Waals surface area contributed by atoms with Gasteiger partial charge in [0.05, 0.1) is 0 Å². The van der Waals surface area contributed by atoms with Crippen LogP contribution in [0.15, 0.2) is 0 Å². The van der Waals surface area contributed by atoms with Crippen molar-refractivity contribution in [1.29, 1.82) is 0 Å². The fourth-order valence-electron chi connectivity index (χ4n) is 2.19. The summed E-state index contributed by atoms with van der Waals surface area (Å²) >= 11 is 0. The van der Waals surface area contributed by atoms with Crippen molar-refractivity contribution in [2.45, 2.75) is 25.2 Å². The average Bonchev–Trinajstić information content (AvgIpc) is 2.55. The van der Waals surface area contributed by atoms with Gasteiger partial charge >= 0.3 is 0 Å². The van der Waals surface area contributed by atoms with E-state index in [1.54, 1.807) is 0 Å². The number of aliphatic carboxylic acids is 1. The molecule has 2 fully saturated rings. The third-order valence-corrected chi connectivity index (χ3v) is 3.06. The fraction of sp³-hybridized carbons (Fsp3) is 0.875. The normalized spacial score (nSPS) is 43.3. The van der Waals surface area contributed by atoms with Crippen LogP contribution in [0.2, 0.25) is 0 Å². The van der Waals surface area contributed by atoms with Crippen molar-refractivity contribution in [1.82, 2.24) is 0 Å². The highest BCUT2D eigenvalue weighted by Crippen LogP contribution is 2.63. The number of fused-ring (bicyclic) bond motifs is 1. The maximum Gasteiger partial charge on any atom is 0.254 e. The Bertz CT molecular complexity index is 227. The van der Waals surface area contributed by atoms with E-state index < -0.39 is 29.6 Å². The summed E-state index contributed by atoms with van der Waals surface area (Å²) in [7, 11) is 0. The van der Waals surface area contributed by atoms with Crippen LogP contribution in [0.5, 0.6) is 0 Å². The fourth-order valence-corrected chi connectivity index (χ4v) is 2.19. The van der Waals surface area contributed by atoms with Gasteiger partial charge in [-0.05, 0) is 25.2 Å². The van der Waals surface area contributed by atoms with Crippen LogP contribution in [0, 0.1) is 17.8 Å². The van der Waals surface area contributed by atoms with Crippen molar-refractivity contribution >= 4 is 5.97 Å². The molecule has 0 N–H and O–H groups in total. The lowest BCUT2D eigenvalue weighted by Crippen LogP contribution is -2.33. The Labute approximate surface area is 68.6 Å². The van der Waals surface area contributed by atoms with Crippen LogP contribution in [0.4, 0.5) is 8.78 Å². The molecule has 0 saturated heterocycles. The zero-order valence-corrected chi connectivity index (χ0v) is 6.43. The molecule has 2 rings (SSSR count). The van der Waals surface area contributed by atoms with E-state index in [1.165, 1.54) is 0 Å². The monoisotopic (exact) mass is 175 g/mol. The van der Waals surface area contributed by atoms with Gasteiger partial charge in [-0.1, -0.05) is 0 Å². The van der Waals surface area contributed by atoms with Crippen molar-refractivity contribution in [3.05, 3.63) is 0 Å². The van der Waals surface area contributed by atoms with E-state index in [-0.39, 0.29) is 6.42 Å². The molecule has 0 amide bonds. The van der Waals surface area contributed by atoms with Crippen LogP contribution in [0.1, 0.15) is 19.3 Å².